The fourth-order valence-electron chi connectivity index (χ4n) is 3.65. The van der Waals surface area contributed by atoms with Gasteiger partial charge in [-0.25, -0.2) is 4.79 Å². The molecule has 1 fully saturated rings. The number of esters is 1. The monoisotopic (exact) mass is 367 g/mol. The quantitative estimate of drug-likeness (QED) is 0.830. The highest BCUT2D eigenvalue weighted by Gasteiger charge is 2.29. The second-order valence-corrected chi connectivity index (χ2v) is 7.13. The Morgan fingerprint density at radius 1 is 0.963 bits per heavy atom. The van der Waals surface area contributed by atoms with Crippen LogP contribution in [0.4, 0.5) is 0 Å². The Bertz CT molecular complexity index is 788. The summed E-state index contributed by atoms with van der Waals surface area (Å²) in [5, 5.41) is 9.36. The van der Waals surface area contributed by atoms with Gasteiger partial charge in [0.1, 0.15) is 5.75 Å². The number of nitrogens with zero attached hydrogens (tertiary/aromatic N) is 1. The third kappa shape index (κ3) is 4.48. The average molecular weight is 367 g/mol. The van der Waals surface area contributed by atoms with Gasteiger partial charge in [0, 0.05) is 12.1 Å². The van der Waals surface area contributed by atoms with Crippen LogP contribution in [-0.4, -0.2) is 40.6 Å². The summed E-state index contributed by atoms with van der Waals surface area (Å²) in [5.74, 6) is -0.428. The number of phenols is 1. The third-order valence-corrected chi connectivity index (χ3v) is 5.13. The summed E-state index contributed by atoms with van der Waals surface area (Å²) in [6.45, 7) is 3.85. The van der Waals surface area contributed by atoms with Gasteiger partial charge in [0.15, 0.2) is 6.61 Å². The lowest BCUT2D eigenvalue weighted by Crippen LogP contribution is -2.49. The first-order chi connectivity index (χ1) is 13.0. The number of rotatable bonds is 4. The van der Waals surface area contributed by atoms with E-state index in [1.54, 1.807) is 24.3 Å². The highest BCUT2D eigenvalue weighted by molar-refractivity contribution is 5.92. The number of amides is 1. The van der Waals surface area contributed by atoms with Gasteiger partial charge in [-0.3, -0.25) is 4.79 Å². The highest BCUT2D eigenvalue weighted by atomic mass is 16.5. The molecular weight excluding hydrogens is 342 g/mol. The number of piperidine rings is 1. The van der Waals surface area contributed by atoms with Crippen LogP contribution in [0.15, 0.2) is 48.5 Å². The van der Waals surface area contributed by atoms with E-state index in [0.29, 0.717) is 5.56 Å². The summed E-state index contributed by atoms with van der Waals surface area (Å²) in [5.41, 5.74) is 2.28. The van der Waals surface area contributed by atoms with Gasteiger partial charge in [-0.05, 0) is 68.5 Å². The van der Waals surface area contributed by atoms with E-state index in [-0.39, 0.29) is 30.3 Å². The molecule has 1 amide bonds. The molecule has 1 heterocycles. The molecule has 2 atom stereocenters. The molecule has 0 saturated carbocycles. The maximum Gasteiger partial charge on any atom is 0.338 e. The van der Waals surface area contributed by atoms with Crippen molar-refractivity contribution in [3.63, 3.8) is 0 Å². The molecule has 0 aromatic heterocycles. The molecule has 0 aliphatic carbocycles. The van der Waals surface area contributed by atoms with Crippen molar-refractivity contribution in [3.8, 4) is 16.9 Å². The summed E-state index contributed by atoms with van der Waals surface area (Å²) in [7, 11) is 0. The molecule has 1 saturated heterocycles. The van der Waals surface area contributed by atoms with Crippen LogP contribution in [0.2, 0.25) is 0 Å². The normalized spacial score (nSPS) is 19.6. The molecule has 1 aliphatic rings. The molecular formula is C22H25NO4. The SMILES string of the molecule is C[C@@H]1CCC[C@H](C)N1C(=O)COC(=O)c1ccc(-c2ccc(O)cc2)cc1. The smallest absolute Gasteiger partial charge is 0.338 e. The van der Waals surface area contributed by atoms with Crippen molar-refractivity contribution in [2.75, 3.05) is 6.61 Å². The third-order valence-electron chi connectivity index (χ3n) is 5.13. The Labute approximate surface area is 159 Å². The zero-order valence-electron chi connectivity index (χ0n) is 15.7. The molecule has 3 rings (SSSR count). The van der Waals surface area contributed by atoms with Crippen molar-refractivity contribution in [1.29, 1.82) is 0 Å². The minimum Gasteiger partial charge on any atom is -0.508 e. The van der Waals surface area contributed by atoms with Gasteiger partial charge in [0.25, 0.3) is 5.91 Å². The molecule has 2 aromatic carbocycles. The van der Waals surface area contributed by atoms with E-state index >= 15 is 0 Å². The lowest BCUT2D eigenvalue weighted by atomic mass is 9.97. The highest BCUT2D eigenvalue weighted by Crippen LogP contribution is 2.24. The molecule has 5 heteroatoms. The van der Waals surface area contributed by atoms with Crippen LogP contribution in [0, 0.1) is 0 Å². The van der Waals surface area contributed by atoms with Crippen LogP contribution in [-0.2, 0) is 9.53 Å². The van der Waals surface area contributed by atoms with Gasteiger partial charge in [0.05, 0.1) is 5.56 Å². The van der Waals surface area contributed by atoms with Gasteiger partial charge in [0.2, 0.25) is 0 Å². The Kier molecular flexibility index (Phi) is 5.79. The Hall–Kier alpha value is -2.82. The van der Waals surface area contributed by atoms with E-state index < -0.39 is 5.97 Å². The maximum absolute atomic E-state index is 12.4. The Morgan fingerprint density at radius 3 is 2.04 bits per heavy atom. The largest absolute Gasteiger partial charge is 0.508 e. The topological polar surface area (TPSA) is 66.8 Å². The summed E-state index contributed by atoms with van der Waals surface area (Å²) in [4.78, 5) is 26.5. The molecule has 1 aliphatic heterocycles. The number of benzene rings is 2. The molecule has 0 spiro atoms. The molecule has 5 nitrogen and oxygen atoms in total. The van der Waals surface area contributed by atoms with Gasteiger partial charge < -0.3 is 14.7 Å². The van der Waals surface area contributed by atoms with Crippen molar-refractivity contribution >= 4 is 11.9 Å². The maximum atomic E-state index is 12.4. The van der Waals surface area contributed by atoms with Crippen LogP contribution in [0.5, 0.6) is 5.75 Å². The fourth-order valence-corrected chi connectivity index (χ4v) is 3.65. The van der Waals surface area contributed by atoms with Gasteiger partial charge >= 0.3 is 5.97 Å². The summed E-state index contributed by atoms with van der Waals surface area (Å²) < 4.78 is 5.24. The Balaban J connectivity index is 1.59. The van der Waals surface area contributed by atoms with Crippen molar-refractivity contribution in [2.45, 2.75) is 45.2 Å². The number of carbonyl (C=O) groups is 2. The van der Waals surface area contributed by atoms with Crippen LogP contribution >= 0.6 is 0 Å². The van der Waals surface area contributed by atoms with E-state index in [1.165, 1.54) is 0 Å². The number of phenolic OH excluding ortho intramolecular Hbond substituents is 1. The zero-order chi connectivity index (χ0) is 19.4. The first-order valence-corrected chi connectivity index (χ1v) is 9.33. The van der Waals surface area contributed by atoms with Crippen LogP contribution in [0.3, 0.4) is 0 Å². The van der Waals surface area contributed by atoms with E-state index in [9.17, 15) is 14.7 Å². The number of likely N-dealkylation sites (tertiary alicyclic amines) is 1. The average Bonchev–Trinajstić information content (AvgIpc) is 2.67. The molecule has 0 radical (unpaired) electrons. The van der Waals surface area contributed by atoms with Gasteiger partial charge in [-0.2, -0.15) is 0 Å². The number of hydrogen-bond donors (Lipinski definition) is 1. The molecule has 0 unspecified atom stereocenters. The summed E-state index contributed by atoms with van der Waals surface area (Å²) in [6, 6.07) is 14.2. The number of ether oxygens (including phenoxy) is 1. The van der Waals surface area contributed by atoms with Gasteiger partial charge in [-0.15, -0.1) is 0 Å². The van der Waals surface area contributed by atoms with E-state index in [1.807, 2.05) is 43.0 Å². The first-order valence-electron chi connectivity index (χ1n) is 9.33. The van der Waals surface area contributed by atoms with E-state index in [2.05, 4.69) is 0 Å². The van der Waals surface area contributed by atoms with Crippen LogP contribution in [0.1, 0.15) is 43.5 Å². The molecule has 27 heavy (non-hydrogen) atoms. The second-order valence-electron chi connectivity index (χ2n) is 7.13. The Morgan fingerprint density at radius 2 is 1.48 bits per heavy atom. The van der Waals surface area contributed by atoms with Crippen LogP contribution < -0.4 is 0 Å². The summed E-state index contributed by atoms with van der Waals surface area (Å²) >= 11 is 0. The van der Waals surface area contributed by atoms with Gasteiger partial charge in [-0.1, -0.05) is 24.3 Å². The predicted molar refractivity (Wildman–Crippen MR) is 103 cm³/mol. The zero-order valence-corrected chi connectivity index (χ0v) is 15.7. The lowest BCUT2D eigenvalue weighted by molar-refractivity contribution is -0.140. The van der Waals surface area contributed by atoms with Crippen molar-refractivity contribution < 1.29 is 19.4 Å². The molecule has 1 N–H and O–H groups in total. The molecule has 2 aromatic rings. The minimum absolute atomic E-state index is 0.135. The van der Waals surface area contributed by atoms with E-state index in [0.717, 1.165) is 30.4 Å². The number of aromatic hydroxyl groups is 1. The van der Waals surface area contributed by atoms with E-state index in [4.69, 9.17) is 4.74 Å². The number of hydrogen-bond acceptors (Lipinski definition) is 4. The van der Waals surface area contributed by atoms with Crippen molar-refractivity contribution in [1.82, 2.24) is 4.90 Å². The van der Waals surface area contributed by atoms with Crippen molar-refractivity contribution in [2.24, 2.45) is 0 Å². The molecule has 0 bridgehead atoms. The second kappa shape index (κ2) is 8.25. The van der Waals surface area contributed by atoms with Crippen molar-refractivity contribution in [3.05, 3.63) is 54.1 Å². The first kappa shape index (κ1) is 19.0. The number of carbonyl (C=O) groups excluding carboxylic acids is 2. The lowest BCUT2D eigenvalue weighted by Gasteiger charge is -2.38. The summed E-state index contributed by atoms with van der Waals surface area (Å²) in [6.07, 6.45) is 3.10. The predicted octanol–water partition coefficient (Wildman–Crippen LogP) is 4.01. The van der Waals surface area contributed by atoms with Crippen LogP contribution in [0.25, 0.3) is 11.1 Å². The molecule has 142 valence electrons. The minimum atomic E-state index is -0.502. The standard InChI is InChI=1S/C22H25NO4/c1-15-4-3-5-16(2)23(15)21(25)14-27-22(26)19-8-6-17(7-9-19)18-10-12-20(24)13-11-18/h6-13,15-16,24H,3-5,14H2,1-2H3/t15-,16+. The fraction of sp³-hybridized carbons (Fsp3) is 0.364.